The number of nitrogens with zero attached hydrogens (tertiary/aromatic N) is 2. The molecule has 0 bridgehead atoms. The summed E-state index contributed by atoms with van der Waals surface area (Å²) >= 11 is 0. The van der Waals surface area contributed by atoms with Gasteiger partial charge in [-0.2, -0.15) is 0 Å². The Morgan fingerprint density at radius 1 is 0.745 bits per heavy atom. The molecule has 7 rings (SSSR count). The molecule has 0 saturated heterocycles. The van der Waals surface area contributed by atoms with Crippen LogP contribution in [0.25, 0.3) is 55.6 Å². The van der Waals surface area contributed by atoms with Crippen molar-refractivity contribution in [3.63, 3.8) is 0 Å². The van der Waals surface area contributed by atoms with E-state index in [1.807, 2.05) is 36.5 Å². The molecule has 1 radical (unpaired) electrons. The number of aromatic nitrogens is 2. The second-order valence-corrected chi connectivity index (χ2v) is 21.0. The van der Waals surface area contributed by atoms with Crippen molar-refractivity contribution in [2.75, 3.05) is 0 Å². The summed E-state index contributed by atoms with van der Waals surface area (Å²) in [7, 11) is -1.34. The van der Waals surface area contributed by atoms with E-state index in [0.717, 1.165) is 57.3 Å². The molecule has 0 unspecified atom stereocenters. The van der Waals surface area contributed by atoms with E-state index in [-0.39, 0.29) is 25.5 Å². The van der Waals surface area contributed by atoms with Crippen molar-refractivity contribution in [2.45, 2.75) is 67.1 Å². The number of pyridine rings is 2. The maximum atomic E-state index is 6.30. The number of hydrogen-bond acceptors (Lipinski definition) is 3. The third-order valence-corrected chi connectivity index (χ3v) is 10.8. The molecule has 0 atom stereocenters. The van der Waals surface area contributed by atoms with Crippen LogP contribution in [0.4, 0.5) is 0 Å². The van der Waals surface area contributed by atoms with Crippen LogP contribution in [0.5, 0.6) is 0 Å². The van der Waals surface area contributed by atoms with Gasteiger partial charge in [-0.1, -0.05) is 125 Å². The molecule has 3 nitrogen and oxygen atoms in total. The maximum Gasteiger partial charge on any atom is 0.120 e. The van der Waals surface area contributed by atoms with E-state index >= 15 is 0 Å². The monoisotopic (exact) mass is 865 g/mol. The minimum Gasteiger partial charge on any atom is -0.501 e. The Labute approximate surface area is 319 Å². The van der Waals surface area contributed by atoms with E-state index < -0.39 is 8.07 Å². The van der Waals surface area contributed by atoms with Gasteiger partial charge in [0.25, 0.3) is 0 Å². The Balaban J connectivity index is 0.000000211. The molecular weight excluding hydrogens is 817 g/mol. The summed E-state index contributed by atoms with van der Waals surface area (Å²) in [5.41, 5.74) is 11.0. The van der Waals surface area contributed by atoms with Crippen LogP contribution >= 0.6 is 0 Å². The van der Waals surface area contributed by atoms with Crippen LogP contribution in [-0.2, 0) is 32.9 Å². The Hall–Kier alpha value is -4.15. The molecule has 51 heavy (non-hydrogen) atoms. The van der Waals surface area contributed by atoms with Crippen molar-refractivity contribution in [3.05, 3.63) is 139 Å². The van der Waals surface area contributed by atoms with Crippen molar-refractivity contribution >= 4 is 35.2 Å². The molecule has 3 aromatic heterocycles. The topological polar surface area (TPSA) is 38.9 Å². The first-order valence-electron chi connectivity index (χ1n) is 17.7. The van der Waals surface area contributed by atoms with E-state index in [9.17, 15) is 0 Å². The van der Waals surface area contributed by atoms with Gasteiger partial charge in [0.2, 0.25) is 0 Å². The van der Waals surface area contributed by atoms with E-state index in [0.29, 0.717) is 5.92 Å². The Morgan fingerprint density at radius 3 is 2.20 bits per heavy atom. The first-order valence-corrected chi connectivity index (χ1v) is 21.2. The van der Waals surface area contributed by atoms with Crippen LogP contribution in [0.3, 0.4) is 0 Å². The van der Waals surface area contributed by atoms with E-state index in [1.54, 1.807) is 0 Å². The summed E-state index contributed by atoms with van der Waals surface area (Å²) in [6.45, 7) is 18.5. The molecule has 3 heterocycles. The third-order valence-electron chi connectivity index (χ3n) is 8.76. The molecule has 0 spiro atoms. The first kappa shape index (κ1) is 38.1. The minimum absolute atomic E-state index is 0. The van der Waals surface area contributed by atoms with Crippen LogP contribution < -0.4 is 5.19 Å². The molecule has 263 valence electrons. The molecule has 0 amide bonds. The summed E-state index contributed by atoms with van der Waals surface area (Å²) < 4.78 is 6.30. The van der Waals surface area contributed by atoms with E-state index in [1.165, 1.54) is 27.4 Å². The van der Waals surface area contributed by atoms with Crippen LogP contribution in [0.1, 0.15) is 45.7 Å². The normalized spacial score (nSPS) is 11.7. The van der Waals surface area contributed by atoms with Gasteiger partial charge in [0.05, 0.1) is 13.7 Å². The molecule has 0 aliphatic heterocycles. The van der Waals surface area contributed by atoms with Gasteiger partial charge in [-0.25, -0.2) is 0 Å². The van der Waals surface area contributed by atoms with Crippen LogP contribution in [0, 0.1) is 23.5 Å². The number of benzene rings is 4. The number of fused-ring (bicyclic) bond motifs is 3. The van der Waals surface area contributed by atoms with Crippen LogP contribution in [0.2, 0.25) is 19.6 Å². The van der Waals surface area contributed by atoms with Gasteiger partial charge < -0.3 is 14.4 Å². The average molecular weight is 865 g/mol. The molecule has 4 aromatic carbocycles. The summed E-state index contributed by atoms with van der Waals surface area (Å²) in [6, 6.07) is 42.1. The van der Waals surface area contributed by atoms with Gasteiger partial charge in [0.15, 0.2) is 0 Å². The van der Waals surface area contributed by atoms with Crippen molar-refractivity contribution in [1.29, 1.82) is 0 Å². The van der Waals surface area contributed by atoms with Crippen LogP contribution in [0.15, 0.2) is 120 Å². The SMILES string of the molecule is CC(C)(C)Cc1ccnc(-c2[c-]ccc3c2oc2ccc(-c4ccccc4)cc23)c1.CC(C)Cc1cc(-c2[c-]cccc2)ncc1[Si](C)(C)C.[Ir]. The summed E-state index contributed by atoms with van der Waals surface area (Å²) in [6.07, 6.45) is 6.13. The van der Waals surface area contributed by atoms with Crippen molar-refractivity contribution < 1.29 is 24.5 Å². The standard InChI is InChI=1S/C28H24NO.C18H24NSi.Ir/c1-28(2,3)18-19-14-15-29-25(16-19)23-11-7-10-22-24-17-21(20-8-5-4-6-9-20)12-13-26(24)30-27(22)23;1-14(2)11-16-12-17(15-9-7-6-8-10-15)19-13-18(16)20(3,4)5;/h4-10,12-17H,18H2,1-3H3;6-9,12-14H,11H2,1-5H3;/q2*-1;. The average Bonchev–Trinajstić information content (AvgIpc) is 3.46. The number of hydrogen-bond donors (Lipinski definition) is 0. The first-order chi connectivity index (χ1) is 23.9. The number of rotatable bonds is 7. The molecule has 0 N–H and O–H groups in total. The summed E-state index contributed by atoms with van der Waals surface area (Å²) in [4.78, 5) is 9.32. The second kappa shape index (κ2) is 16.0. The van der Waals surface area contributed by atoms with Gasteiger partial charge in [-0.05, 0) is 70.1 Å². The largest absolute Gasteiger partial charge is 0.501 e. The Morgan fingerprint density at radius 2 is 1.51 bits per heavy atom. The quantitative estimate of drug-likeness (QED) is 0.118. The van der Waals surface area contributed by atoms with Gasteiger partial charge in [0.1, 0.15) is 5.58 Å². The van der Waals surface area contributed by atoms with Gasteiger partial charge in [-0.3, -0.25) is 0 Å². The molecule has 0 fully saturated rings. The van der Waals surface area contributed by atoms with Gasteiger partial charge in [0, 0.05) is 37.9 Å². The molecule has 0 saturated carbocycles. The smallest absolute Gasteiger partial charge is 0.120 e. The number of furan rings is 1. The minimum atomic E-state index is -1.34. The predicted molar refractivity (Wildman–Crippen MR) is 214 cm³/mol. The van der Waals surface area contributed by atoms with Crippen molar-refractivity contribution in [2.24, 2.45) is 11.3 Å². The molecular formula is C46H48IrN2OSi-2. The van der Waals surface area contributed by atoms with Gasteiger partial charge in [-0.15, -0.1) is 54.1 Å². The fourth-order valence-corrected chi connectivity index (χ4v) is 8.15. The predicted octanol–water partition coefficient (Wildman–Crippen LogP) is 12.0. The molecule has 5 heteroatoms. The molecule has 0 aliphatic carbocycles. The van der Waals surface area contributed by atoms with E-state index in [4.69, 9.17) is 4.42 Å². The Bertz CT molecular complexity index is 2210. The van der Waals surface area contributed by atoms with Crippen LogP contribution in [-0.4, -0.2) is 18.0 Å². The zero-order valence-electron chi connectivity index (χ0n) is 31.1. The molecule has 0 aliphatic rings. The zero-order valence-corrected chi connectivity index (χ0v) is 34.5. The fourth-order valence-electron chi connectivity index (χ4n) is 6.56. The third kappa shape index (κ3) is 9.40. The molecule has 7 aromatic rings. The van der Waals surface area contributed by atoms with E-state index in [2.05, 4.69) is 155 Å². The zero-order chi connectivity index (χ0) is 35.5. The van der Waals surface area contributed by atoms with Gasteiger partial charge >= 0.3 is 0 Å². The summed E-state index contributed by atoms with van der Waals surface area (Å²) in [5.74, 6) is 0.667. The van der Waals surface area contributed by atoms with Crippen molar-refractivity contribution in [3.8, 4) is 33.6 Å². The fraction of sp³-hybridized carbons (Fsp3) is 0.261. The Kier molecular flexibility index (Phi) is 12.0. The summed E-state index contributed by atoms with van der Waals surface area (Å²) in [5, 5.41) is 3.71. The maximum absolute atomic E-state index is 6.30. The second-order valence-electron chi connectivity index (χ2n) is 15.9. The van der Waals surface area contributed by atoms with Crippen molar-refractivity contribution in [1.82, 2.24) is 9.97 Å².